The first-order chi connectivity index (χ1) is 7.90. The van der Waals surface area contributed by atoms with Crippen LogP contribution in [0.1, 0.15) is 18.9 Å². The fraction of sp³-hybridized carbons (Fsp3) is 0.333. The molecule has 2 rings (SSSR count). The van der Waals surface area contributed by atoms with Gasteiger partial charge in [0.1, 0.15) is 5.82 Å². The lowest BCUT2D eigenvalue weighted by molar-refractivity contribution is 0.685. The van der Waals surface area contributed by atoms with E-state index in [0.717, 1.165) is 25.3 Å². The molecule has 0 fully saturated rings. The van der Waals surface area contributed by atoms with Crippen molar-refractivity contribution in [2.45, 2.75) is 19.9 Å². The molecule has 16 heavy (non-hydrogen) atoms. The number of nitrogens with zero attached hydrogens (tertiary/aromatic N) is 3. The quantitative estimate of drug-likeness (QED) is 0.832. The van der Waals surface area contributed by atoms with Gasteiger partial charge in [0, 0.05) is 30.7 Å². The van der Waals surface area contributed by atoms with Crippen molar-refractivity contribution in [2.24, 2.45) is 0 Å². The molecule has 0 atom stereocenters. The maximum atomic E-state index is 4.34. The van der Waals surface area contributed by atoms with Gasteiger partial charge in [-0.25, -0.2) is 4.98 Å². The molecule has 84 valence electrons. The summed E-state index contributed by atoms with van der Waals surface area (Å²) in [5.74, 6) is 0.958. The van der Waals surface area contributed by atoms with Crippen LogP contribution >= 0.6 is 0 Å². The second kappa shape index (κ2) is 5.30. The van der Waals surface area contributed by atoms with Crippen LogP contribution in [-0.4, -0.2) is 21.3 Å². The van der Waals surface area contributed by atoms with Gasteiger partial charge in [0.15, 0.2) is 0 Å². The SMILES string of the molecule is CCCNc1ncccc1Cn1cccn1. The number of hydrogen-bond acceptors (Lipinski definition) is 3. The van der Waals surface area contributed by atoms with Crippen molar-refractivity contribution in [1.82, 2.24) is 14.8 Å². The Labute approximate surface area is 95.3 Å². The first kappa shape index (κ1) is 10.7. The van der Waals surface area contributed by atoms with Crippen LogP contribution in [0.2, 0.25) is 0 Å². The number of hydrogen-bond donors (Lipinski definition) is 1. The fourth-order valence-electron chi connectivity index (χ4n) is 1.54. The number of aromatic nitrogens is 3. The van der Waals surface area contributed by atoms with E-state index in [-0.39, 0.29) is 0 Å². The van der Waals surface area contributed by atoms with Crippen LogP contribution in [0.4, 0.5) is 5.82 Å². The fourth-order valence-corrected chi connectivity index (χ4v) is 1.54. The van der Waals surface area contributed by atoms with Gasteiger partial charge in [-0.1, -0.05) is 13.0 Å². The third-order valence-corrected chi connectivity index (χ3v) is 2.33. The van der Waals surface area contributed by atoms with Gasteiger partial charge in [-0.05, 0) is 18.6 Å². The zero-order valence-corrected chi connectivity index (χ0v) is 9.43. The van der Waals surface area contributed by atoms with Crippen molar-refractivity contribution in [1.29, 1.82) is 0 Å². The van der Waals surface area contributed by atoms with E-state index in [1.54, 1.807) is 6.20 Å². The lowest BCUT2D eigenvalue weighted by Crippen LogP contribution is -2.08. The number of nitrogens with one attached hydrogen (secondary N) is 1. The summed E-state index contributed by atoms with van der Waals surface area (Å²) in [7, 11) is 0. The van der Waals surface area contributed by atoms with Crippen molar-refractivity contribution in [3.63, 3.8) is 0 Å². The molecule has 2 aromatic rings. The van der Waals surface area contributed by atoms with Gasteiger partial charge in [-0.2, -0.15) is 5.10 Å². The minimum absolute atomic E-state index is 0.757. The molecule has 0 spiro atoms. The first-order valence-electron chi connectivity index (χ1n) is 5.55. The summed E-state index contributed by atoms with van der Waals surface area (Å²) in [6.45, 7) is 3.85. The molecule has 0 bridgehead atoms. The smallest absolute Gasteiger partial charge is 0.131 e. The third-order valence-electron chi connectivity index (χ3n) is 2.33. The second-order valence-corrected chi connectivity index (χ2v) is 3.64. The molecule has 0 aromatic carbocycles. The number of anilines is 1. The topological polar surface area (TPSA) is 42.7 Å². The van der Waals surface area contributed by atoms with Crippen molar-refractivity contribution in [2.75, 3.05) is 11.9 Å². The van der Waals surface area contributed by atoms with Crippen molar-refractivity contribution < 1.29 is 0 Å². The van der Waals surface area contributed by atoms with Crippen LogP contribution in [0.3, 0.4) is 0 Å². The largest absolute Gasteiger partial charge is 0.370 e. The van der Waals surface area contributed by atoms with Gasteiger partial charge >= 0.3 is 0 Å². The monoisotopic (exact) mass is 216 g/mol. The van der Waals surface area contributed by atoms with E-state index in [0.29, 0.717) is 0 Å². The van der Waals surface area contributed by atoms with E-state index in [4.69, 9.17) is 0 Å². The Bertz CT molecular complexity index is 422. The average molecular weight is 216 g/mol. The van der Waals surface area contributed by atoms with Crippen LogP contribution < -0.4 is 5.32 Å². The van der Waals surface area contributed by atoms with Gasteiger partial charge < -0.3 is 5.32 Å². The highest BCUT2D eigenvalue weighted by atomic mass is 15.3. The van der Waals surface area contributed by atoms with Gasteiger partial charge in [0.05, 0.1) is 6.54 Å². The molecule has 2 heterocycles. The zero-order valence-electron chi connectivity index (χ0n) is 9.43. The van der Waals surface area contributed by atoms with Crippen molar-refractivity contribution >= 4 is 5.82 Å². The lowest BCUT2D eigenvalue weighted by Gasteiger charge is -2.09. The lowest BCUT2D eigenvalue weighted by atomic mass is 10.2. The molecule has 1 N–H and O–H groups in total. The maximum Gasteiger partial charge on any atom is 0.131 e. The van der Waals surface area contributed by atoms with E-state index < -0.39 is 0 Å². The molecule has 2 aromatic heterocycles. The van der Waals surface area contributed by atoms with E-state index in [9.17, 15) is 0 Å². The highest BCUT2D eigenvalue weighted by molar-refractivity contribution is 5.43. The standard InChI is InChI=1S/C12H16N4/c1-2-6-13-12-11(5-3-7-14-12)10-16-9-4-8-15-16/h3-5,7-9H,2,6,10H2,1H3,(H,13,14). The molecule has 0 unspecified atom stereocenters. The van der Waals surface area contributed by atoms with Crippen LogP contribution in [-0.2, 0) is 6.54 Å². The number of rotatable bonds is 5. The third kappa shape index (κ3) is 2.59. The molecule has 0 radical (unpaired) electrons. The van der Waals surface area contributed by atoms with Gasteiger partial charge in [-0.15, -0.1) is 0 Å². The number of pyridine rings is 1. The Kier molecular flexibility index (Phi) is 3.53. The predicted molar refractivity (Wildman–Crippen MR) is 64.3 cm³/mol. The van der Waals surface area contributed by atoms with Crippen LogP contribution in [0.5, 0.6) is 0 Å². The summed E-state index contributed by atoms with van der Waals surface area (Å²) in [6, 6.07) is 5.96. The molecule has 0 aliphatic heterocycles. The summed E-state index contributed by atoms with van der Waals surface area (Å²) < 4.78 is 1.90. The highest BCUT2D eigenvalue weighted by Crippen LogP contribution is 2.12. The van der Waals surface area contributed by atoms with E-state index >= 15 is 0 Å². The Balaban J connectivity index is 2.13. The Morgan fingerprint density at radius 2 is 2.25 bits per heavy atom. The van der Waals surface area contributed by atoms with E-state index in [2.05, 4.69) is 28.4 Å². The van der Waals surface area contributed by atoms with E-state index in [1.165, 1.54) is 5.56 Å². The Morgan fingerprint density at radius 1 is 1.31 bits per heavy atom. The predicted octanol–water partition coefficient (Wildman–Crippen LogP) is 2.15. The Morgan fingerprint density at radius 3 is 3.00 bits per heavy atom. The van der Waals surface area contributed by atoms with Crippen LogP contribution in [0.25, 0.3) is 0 Å². The second-order valence-electron chi connectivity index (χ2n) is 3.64. The first-order valence-corrected chi connectivity index (χ1v) is 5.55. The summed E-state index contributed by atoms with van der Waals surface area (Å²) in [5.41, 5.74) is 1.17. The minimum Gasteiger partial charge on any atom is -0.370 e. The molecule has 0 aliphatic rings. The van der Waals surface area contributed by atoms with Gasteiger partial charge in [0.2, 0.25) is 0 Å². The molecule has 0 aliphatic carbocycles. The van der Waals surface area contributed by atoms with Crippen molar-refractivity contribution in [3.05, 3.63) is 42.4 Å². The zero-order chi connectivity index (χ0) is 11.2. The van der Waals surface area contributed by atoms with Crippen molar-refractivity contribution in [3.8, 4) is 0 Å². The molecule has 4 heteroatoms. The normalized spacial score (nSPS) is 10.3. The summed E-state index contributed by atoms with van der Waals surface area (Å²) >= 11 is 0. The Hall–Kier alpha value is -1.84. The molecule has 0 amide bonds. The average Bonchev–Trinajstić information content (AvgIpc) is 2.81. The summed E-state index contributed by atoms with van der Waals surface area (Å²) in [5, 5.41) is 7.52. The minimum atomic E-state index is 0.757. The summed E-state index contributed by atoms with van der Waals surface area (Å²) in [4.78, 5) is 4.34. The van der Waals surface area contributed by atoms with E-state index in [1.807, 2.05) is 29.2 Å². The van der Waals surface area contributed by atoms with Gasteiger partial charge in [-0.3, -0.25) is 4.68 Å². The van der Waals surface area contributed by atoms with Crippen LogP contribution in [0, 0.1) is 0 Å². The van der Waals surface area contributed by atoms with Gasteiger partial charge in [0.25, 0.3) is 0 Å². The molecule has 4 nitrogen and oxygen atoms in total. The molecule has 0 saturated carbocycles. The summed E-state index contributed by atoms with van der Waals surface area (Å²) in [6.07, 6.45) is 6.65. The maximum absolute atomic E-state index is 4.34. The molecular weight excluding hydrogens is 200 g/mol. The van der Waals surface area contributed by atoms with Crippen LogP contribution in [0.15, 0.2) is 36.8 Å². The molecular formula is C12H16N4. The molecule has 0 saturated heterocycles. The highest BCUT2D eigenvalue weighted by Gasteiger charge is 2.02.